The molecule has 226 valence electrons. The number of benzene rings is 3. The Kier molecular flexibility index (Phi) is 10.7. The maximum atomic E-state index is 14.2. The number of anilines is 1. The second-order valence-corrected chi connectivity index (χ2v) is 13.5. The van der Waals surface area contributed by atoms with Crippen LogP contribution in [0.2, 0.25) is 5.02 Å². The second kappa shape index (κ2) is 13.6. The van der Waals surface area contributed by atoms with Crippen molar-refractivity contribution in [2.24, 2.45) is 0 Å². The van der Waals surface area contributed by atoms with Gasteiger partial charge in [0.05, 0.1) is 17.7 Å². The molecule has 3 aromatic carbocycles. The predicted octanol–water partition coefficient (Wildman–Crippen LogP) is 5.88. The maximum absolute atomic E-state index is 14.2. The van der Waals surface area contributed by atoms with Crippen molar-refractivity contribution in [3.63, 3.8) is 0 Å². The van der Waals surface area contributed by atoms with Gasteiger partial charge >= 0.3 is 0 Å². The van der Waals surface area contributed by atoms with Crippen LogP contribution in [0.5, 0.6) is 5.75 Å². The minimum Gasteiger partial charge on any atom is -0.497 e. The fourth-order valence-corrected chi connectivity index (χ4v) is 6.16. The number of sulfonamides is 1. The van der Waals surface area contributed by atoms with E-state index in [1.165, 1.54) is 17.0 Å². The van der Waals surface area contributed by atoms with Gasteiger partial charge in [-0.15, -0.1) is 0 Å². The van der Waals surface area contributed by atoms with Crippen molar-refractivity contribution in [1.82, 2.24) is 10.2 Å². The number of nitrogens with zero attached hydrogens (tertiary/aromatic N) is 2. The third-order valence-electron chi connectivity index (χ3n) is 6.79. The lowest BCUT2D eigenvalue weighted by molar-refractivity contribution is -0.141. The van der Waals surface area contributed by atoms with Crippen molar-refractivity contribution in [1.29, 1.82) is 0 Å². The number of amides is 2. The fourth-order valence-electron chi connectivity index (χ4n) is 4.52. The van der Waals surface area contributed by atoms with Crippen molar-refractivity contribution in [2.75, 3.05) is 18.0 Å². The van der Waals surface area contributed by atoms with E-state index in [9.17, 15) is 18.0 Å². The van der Waals surface area contributed by atoms with Crippen LogP contribution in [0.3, 0.4) is 0 Å². The smallest absolute Gasteiger partial charge is 0.264 e. The zero-order valence-corrected chi connectivity index (χ0v) is 26.8. The van der Waals surface area contributed by atoms with E-state index < -0.39 is 34.1 Å². The Bertz CT molecular complexity index is 1500. The molecule has 0 spiro atoms. The van der Waals surface area contributed by atoms with Gasteiger partial charge in [-0.3, -0.25) is 13.9 Å². The van der Waals surface area contributed by atoms with Crippen LogP contribution in [-0.2, 0) is 26.2 Å². The largest absolute Gasteiger partial charge is 0.497 e. The standard InChI is InChI=1S/C32H40ClN3O5S/c1-8-28(31(38)34-32(4,5)6)35(20-24-14-16-25(41-7)17-15-24)30(37)21-36(29-11-9-10-27(33)23(29)3)42(39,40)26-18-12-22(2)13-19-26/h9-19,28H,8,20-21H2,1-7H3,(H,34,38). The molecule has 1 unspecified atom stereocenters. The third-order valence-corrected chi connectivity index (χ3v) is 8.98. The molecule has 42 heavy (non-hydrogen) atoms. The maximum Gasteiger partial charge on any atom is 0.264 e. The molecule has 0 radical (unpaired) electrons. The number of carbonyl (C=O) groups is 2. The molecule has 0 saturated heterocycles. The molecule has 8 nitrogen and oxygen atoms in total. The van der Waals surface area contributed by atoms with Crippen LogP contribution in [0.25, 0.3) is 0 Å². The van der Waals surface area contributed by atoms with Gasteiger partial charge in [0, 0.05) is 17.1 Å². The molecular weight excluding hydrogens is 574 g/mol. The average Bonchev–Trinajstić information content (AvgIpc) is 2.92. The Morgan fingerprint density at radius 3 is 2.14 bits per heavy atom. The van der Waals surface area contributed by atoms with Gasteiger partial charge in [-0.1, -0.05) is 54.4 Å². The number of hydrogen-bond acceptors (Lipinski definition) is 5. The van der Waals surface area contributed by atoms with Crippen molar-refractivity contribution < 1.29 is 22.7 Å². The molecule has 10 heteroatoms. The van der Waals surface area contributed by atoms with Crippen molar-refractivity contribution >= 4 is 39.1 Å². The van der Waals surface area contributed by atoms with Gasteiger partial charge in [-0.2, -0.15) is 0 Å². The molecular formula is C32H40ClN3O5S. The van der Waals surface area contributed by atoms with Gasteiger partial charge < -0.3 is 15.0 Å². The lowest BCUT2D eigenvalue weighted by atomic mass is 10.1. The molecule has 0 bridgehead atoms. The van der Waals surface area contributed by atoms with E-state index in [-0.39, 0.29) is 23.0 Å². The number of rotatable bonds is 11. The summed E-state index contributed by atoms with van der Waals surface area (Å²) in [7, 11) is -2.63. The van der Waals surface area contributed by atoms with Gasteiger partial charge in [-0.25, -0.2) is 8.42 Å². The van der Waals surface area contributed by atoms with E-state index in [1.54, 1.807) is 56.5 Å². The van der Waals surface area contributed by atoms with Crippen LogP contribution >= 0.6 is 11.6 Å². The Balaban J connectivity index is 2.11. The number of carbonyl (C=O) groups excluding carboxylic acids is 2. The minimum atomic E-state index is -4.19. The summed E-state index contributed by atoms with van der Waals surface area (Å²) < 4.78 is 34.5. The van der Waals surface area contributed by atoms with Crippen LogP contribution < -0.4 is 14.4 Å². The minimum absolute atomic E-state index is 0.0412. The van der Waals surface area contributed by atoms with Crippen LogP contribution in [-0.4, -0.2) is 50.4 Å². The fraction of sp³-hybridized carbons (Fsp3) is 0.375. The molecule has 0 saturated carbocycles. The number of ether oxygens (including phenoxy) is 1. The molecule has 0 aliphatic carbocycles. The molecule has 3 rings (SSSR count). The summed E-state index contributed by atoms with van der Waals surface area (Å²) >= 11 is 6.40. The Morgan fingerprint density at radius 1 is 0.976 bits per heavy atom. The summed E-state index contributed by atoms with van der Waals surface area (Å²) in [5.41, 5.74) is 1.93. The summed E-state index contributed by atoms with van der Waals surface area (Å²) in [5, 5.41) is 3.34. The average molecular weight is 614 g/mol. The number of halogens is 1. The first kappa shape index (κ1) is 32.9. The Labute approximate surface area is 254 Å². The summed E-state index contributed by atoms with van der Waals surface area (Å²) in [4.78, 5) is 29.2. The van der Waals surface area contributed by atoms with Crippen molar-refractivity contribution in [3.8, 4) is 5.75 Å². The lowest BCUT2D eigenvalue weighted by Crippen LogP contribution is -2.55. The molecule has 3 aromatic rings. The van der Waals surface area contributed by atoms with Crippen molar-refractivity contribution in [2.45, 2.75) is 71.0 Å². The van der Waals surface area contributed by atoms with Crippen LogP contribution in [0.1, 0.15) is 50.8 Å². The van der Waals surface area contributed by atoms with Gasteiger partial charge in [0.15, 0.2) is 0 Å². The first-order valence-corrected chi connectivity index (χ1v) is 15.6. The molecule has 0 heterocycles. The number of hydrogen-bond donors (Lipinski definition) is 1. The highest BCUT2D eigenvalue weighted by Gasteiger charge is 2.35. The van der Waals surface area contributed by atoms with Crippen LogP contribution in [0.15, 0.2) is 71.6 Å². The summed E-state index contributed by atoms with van der Waals surface area (Å²) in [5.74, 6) is -0.198. The zero-order chi connectivity index (χ0) is 31.2. The molecule has 0 fully saturated rings. The molecule has 2 amide bonds. The predicted molar refractivity (Wildman–Crippen MR) is 167 cm³/mol. The number of methoxy groups -OCH3 is 1. The molecule has 0 aromatic heterocycles. The first-order chi connectivity index (χ1) is 19.7. The lowest BCUT2D eigenvalue weighted by Gasteiger charge is -2.35. The normalized spacial score (nSPS) is 12.4. The zero-order valence-electron chi connectivity index (χ0n) is 25.3. The monoisotopic (exact) mass is 613 g/mol. The van der Waals surface area contributed by atoms with E-state index >= 15 is 0 Å². The SMILES string of the molecule is CCC(C(=O)NC(C)(C)C)N(Cc1ccc(OC)cc1)C(=O)CN(c1cccc(Cl)c1C)S(=O)(=O)c1ccc(C)cc1. The van der Waals surface area contributed by atoms with E-state index in [1.807, 2.05) is 46.8 Å². The Hall–Kier alpha value is -3.56. The third kappa shape index (κ3) is 8.04. The second-order valence-electron chi connectivity index (χ2n) is 11.2. The van der Waals surface area contributed by atoms with E-state index in [0.717, 1.165) is 15.4 Å². The molecule has 1 N–H and O–H groups in total. The number of nitrogens with one attached hydrogen (secondary N) is 1. The highest BCUT2D eigenvalue weighted by molar-refractivity contribution is 7.92. The van der Waals surface area contributed by atoms with E-state index in [0.29, 0.717) is 22.8 Å². The van der Waals surface area contributed by atoms with E-state index in [2.05, 4.69) is 5.32 Å². The van der Waals surface area contributed by atoms with Gasteiger partial charge in [0.2, 0.25) is 11.8 Å². The topological polar surface area (TPSA) is 96.0 Å². The van der Waals surface area contributed by atoms with Gasteiger partial charge in [0.1, 0.15) is 18.3 Å². The van der Waals surface area contributed by atoms with Gasteiger partial charge in [-0.05, 0) is 88.6 Å². The molecule has 1 atom stereocenters. The van der Waals surface area contributed by atoms with Crippen LogP contribution in [0, 0.1) is 13.8 Å². The number of aryl methyl sites for hydroxylation is 1. The highest BCUT2D eigenvalue weighted by Crippen LogP contribution is 2.31. The Morgan fingerprint density at radius 2 is 1.60 bits per heavy atom. The van der Waals surface area contributed by atoms with Crippen molar-refractivity contribution in [3.05, 3.63) is 88.4 Å². The molecule has 0 aliphatic heterocycles. The summed E-state index contributed by atoms with van der Waals surface area (Å²) in [6.45, 7) is 10.5. The van der Waals surface area contributed by atoms with Crippen LogP contribution in [0.4, 0.5) is 5.69 Å². The quantitative estimate of drug-likeness (QED) is 0.291. The summed E-state index contributed by atoms with van der Waals surface area (Å²) in [6.07, 6.45) is 0.324. The highest BCUT2D eigenvalue weighted by atomic mass is 35.5. The molecule has 0 aliphatic rings. The first-order valence-electron chi connectivity index (χ1n) is 13.8. The van der Waals surface area contributed by atoms with E-state index in [4.69, 9.17) is 16.3 Å². The van der Waals surface area contributed by atoms with Gasteiger partial charge in [0.25, 0.3) is 10.0 Å². The summed E-state index contributed by atoms with van der Waals surface area (Å²) in [6, 6.07) is 17.7.